The van der Waals surface area contributed by atoms with E-state index in [0.717, 1.165) is 39.8 Å². The molecule has 1 fully saturated rings. The third-order valence-electron chi connectivity index (χ3n) is 5.99. The van der Waals surface area contributed by atoms with Crippen molar-refractivity contribution in [1.82, 2.24) is 10.2 Å². The number of amides is 1. The molecule has 1 aliphatic heterocycles. The molecule has 1 amide bonds. The molecular weight excluding hydrogens is 487 g/mol. The zero-order chi connectivity index (χ0) is 23.8. The highest BCUT2D eigenvalue weighted by Gasteiger charge is 2.33. The smallest absolute Gasteiger partial charge is 0.410 e. The first-order valence-corrected chi connectivity index (χ1v) is 12.0. The second-order valence-corrected chi connectivity index (χ2v) is 10.4. The maximum absolute atomic E-state index is 15.5. The first-order chi connectivity index (χ1) is 15.7. The highest BCUT2D eigenvalue weighted by molar-refractivity contribution is 9.11. The summed E-state index contributed by atoms with van der Waals surface area (Å²) in [5, 5.41) is 3.27. The molecule has 7 heteroatoms. The van der Waals surface area contributed by atoms with Crippen molar-refractivity contribution in [2.24, 2.45) is 0 Å². The van der Waals surface area contributed by atoms with Gasteiger partial charge in [0.1, 0.15) is 17.2 Å². The Morgan fingerprint density at radius 2 is 1.97 bits per heavy atom. The SMILES string of the molecule is COc1ccc2c(c1)CCC(Br)=C2c1ccc(C2CNCCN2C(=O)OC(C)(C)C)c(F)c1. The number of ether oxygens (including phenoxy) is 2. The van der Waals surface area contributed by atoms with Crippen LogP contribution in [0.25, 0.3) is 5.57 Å². The lowest BCUT2D eigenvalue weighted by molar-refractivity contribution is 0.0114. The van der Waals surface area contributed by atoms with Gasteiger partial charge in [-0.3, -0.25) is 4.90 Å². The van der Waals surface area contributed by atoms with Gasteiger partial charge in [-0.05, 0) is 74.1 Å². The van der Waals surface area contributed by atoms with Crippen molar-refractivity contribution in [2.75, 3.05) is 26.7 Å². The zero-order valence-corrected chi connectivity index (χ0v) is 21.1. The molecule has 0 bridgehead atoms. The number of methoxy groups -OCH3 is 1. The average Bonchev–Trinajstić information content (AvgIpc) is 2.77. The van der Waals surface area contributed by atoms with E-state index < -0.39 is 17.7 Å². The highest BCUT2D eigenvalue weighted by atomic mass is 79.9. The summed E-state index contributed by atoms with van der Waals surface area (Å²) in [6.07, 6.45) is 1.33. The van der Waals surface area contributed by atoms with E-state index in [0.29, 0.717) is 25.2 Å². The van der Waals surface area contributed by atoms with E-state index in [2.05, 4.69) is 21.2 Å². The maximum atomic E-state index is 15.5. The number of hydrogen-bond acceptors (Lipinski definition) is 4. The van der Waals surface area contributed by atoms with Crippen molar-refractivity contribution in [1.29, 1.82) is 0 Å². The maximum Gasteiger partial charge on any atom is 0.410 e. The Kier molecular flexibility index (Phi) is 6.82. The molecule has 0 spiro atoms. The predicted octanol–water partition coefficient (Wildman–Crippen LogP) is 5.82. The number of rotatable bonds is 3. The number of carbonyl (C=O) groups is 1. The molecule has 0 radical (unpaired) electrons. The monoisotopic (exact) mass is 516 g/mol. The summed E-state index contributed by atoms with van der Waals surface area (Å²) in [5.41, 5.74) is 3.95. The summed E-state index contributed by atoms with van der Waals surface area (Å²) in [5.74, 6) is 0.489. The van der Waals surface area contributed by atoms with Gasteiger partial charge in [-0.2, -0.15) is 0 Å². The topological polar surface area (TPSA) is 50.8 Å². The Bertz CT molecular complexity index is 1090. The first-order valence-electron chi connectivity index (χ1n) is 11.2. The van der Waals surface area contributed by atoms with E-state index in [4.69, 9.17) is 9.47 Å². The highest BCUT2D eigenvalue weighted by Crippen LogP contribution is 2.40. The molecule has 2 aromatic carbocycles. The summed E-state index contributed by atoms with van der Waals surface area (Å²) in [6.45, 7) is 7.09. The van der Waals surface area contributed by atoms with Crippen LogP contribution in [0.15, 0.2) is 40.9 Å². The minimum absolute atomic E-state index is 0.330. The molecule has 1 saturated heterocycles. The van der Waals surface area contributed by atoms with E-state index in [1.54, 1.807) is 24.1 Å². The van der Waals surface area contributed by atoms with Crippen LogP contribution in [-0.2, 0) is 11.2 Å². The summed E-state index contributed by atoms with van der Waals surface area (Å²) in [4.78, 5) is 14.4. The number of nitrogens with one attached hydrogen (secondary N) is 1. The fraction of sp³-hybridized carbons (Fsp3) is 0.423. The summed E-state index contributed by atoms with van der Waals surface area (Å²) in [6, 6.07) is 10.9. The molecule has 1 N–H and O–H groups in total. The van der Waals surface area contributed by atoms with Crippen molar-refractivity contribution >= 4 is 27.6 Å². The lowest BCUT2D eigenvalue weighted by atomic mass is 9.86. The molecule has 4 rings (SSSR count). The summed E-state index contributed by atoms with van der Waals surface area (Å²) < 4.78 is 27.5. The quantitative estimate of drug-likeness (QED) is 0.558. The molecule has 1 heterocycles. The van der Waals surface area contributed by atoms with Crippen LogP contribution in [-0.4, -0.2) is 43.3 Å². The predicted molar refractivity (Wildman–Crippen MR) is 131 cm³/mol. The molecule has 1 unspecified atom stereocenters. The van der Waals surface area contributed by atoms with Crippen molar-refractivity contribution in [2.45, 2.75) is 45.3 Å². The Morgan fingerprint density at radius 3 is 2.67 bits per heavy atom. The number of hydrogen-bond donors (Lipinski definition) is 1. The molecule has 2 aromatic rings. The fourth-order valence-electron chi connectivity index (χ4n) is 4.45. The lowest BCUT2D eigenvalue weighted by Crippen LogP contribution is -2.50. The molecule has 33 heavy (non-hydrogen) atoms. The van der Waals surface area contributed by atoms with Crippen LogP contribution in [0.4, 0.5) is 9.18 Å². The van der Waals surface area contributed by atoms with Gasteiger partial charge in [-0.15, -0.1) is 0 Å². The third kappa shape index (κ3) is 5.09. The van der Waals surface area contributed by atoms with Crippen LogP contribution < -0.4 is 10.1 Å². The minimum atomic E-state index is -0.606. The van der Waals surface area contributed by atoms with E-state index in [1.165, 1.54) is 5.56 Å². The minimum Gasteiger partial charge on any atom is -0.497 e. The number of allylic oxidation sites excluding steroid dienone is 1. The number of carbonyl (C=O) groups excluding carboxylic acids is 1. The number of fused-ring (bicyclic) bond motifs is 1. The van der Waals surface area contributed by atoms with Crippen molar-refractivity contribution < 1.29 is 18.7 Å². The van der Waals surface area contributed by atoms with Crippen LogP contribution in [0.1, 0.15) is 55.5 Å². The Morgan fingerprint density at radius 1 is 1.18 bits per heavy atom. The van der Waals surface area contributed by atoms with Crippen molar-refractivity contribution in [3.8, 4) is 5.75 Å². The number of benzene rings is 2. The van der Waals surface area contributed by atoms with Crippen LogP contribution in [0.3, 0.4) is 0 Å². The number of aryl methyl sites for hydroxylation is 1. The van der Waals surface area contributed by atoms with Crippen LogP contribution in [0, 0.1) is 5.82 Å². The molecular formula is C26H30BrFN2O3. The Hall–Kier alpha value is -2.38. The lowest BCUT2D eigenvalue weighted by Gasteiger charge is -2.37. The van der Waals surface area contributed by atoms with Gasteiger partial charge in [0.15, 0.2) is 0 Å². The molecule has 1 aliphatic carbocycles. The average molecular weight is 517 g/mol. The molecule has 176 valence electrons. The number of halogens is 2. The van der Waals surface area contributed by atoms with Gasteiger partial charge in [0.2, 0.25) is 0 Å². The Balaban J connectivity index is 1.66. The largest absolute Gasteiger partial charge is 0.497 e. The van der Waals surface area contributed by atoms with Crippen molar-refractivity contribution in [3.05, 3.63) is 69.0 Å². The van der Waals surface area contributed by atoms with Gasteiger partial charge >= 0.3 is 6.09 Å². The summed E-state index contributed by atoms with van der Waals surface area (Å²) in [7, 11) is 1.66. The second-order valence-electron chi connectivity index (χ2n) is 9.43. The molecule has 0 saturated carbocycles. The Labute approximate surface area is 203 Å². The molecule has 0 aromatic heterocycles. The third-order valence-corrected chi connectivity index (χ3v) is 6.78. The molecule has 5 nitrogen and oxygen atoms in total. The summed E-state index contributed by atoms with van der Waals surface area (Å²) >= 11 is 3.72. The van der Waals surface area contributed by atoms with Crippen LogP contribution in [0.5, 0.6) is 5.75 Å². The van der Waals surface area contributed by atoms with Crippen LogP contribution >= 0.6 is 15.9 Å². The molecule has 2 aliphatic rings. The first kappa shape index (κ1) is 23.8. The zero-order valence-electron chi connectivity index (χ0n) is 19.5. The molecule has 1 atom stereocenters. The van der Waals surface area contributed by atoms with E-state index >= 15 is 4.39 Å². The normalized spacial score (nSPS) is 18.7. The van der Waals surface area contributed by atoms with Crippen LogP contribution in [0.2, 0.25) is 0 Å². The second kappa shape index (κ2) is 9.47. The fourth-order valence-corrected chi connectivity index (χ4v) is 5.09. The van der Waals surface area contributed by atoms with E-state index in [9.17, 15) is 4.79 Å². The van der Waals surface area contributed by atoms with Gasteiger partial charge in [-0.1, -0.05) is 34.1 Å². The van der Waals surface area contributed by atoms with Gasteiger partial charge in [0.25, 0.3) is 0 Å². The number of nitrogens with zero attached hydrogens (tertiary/aromatic N) is 1. The van der Waals surface area contributed by atoms with Gasteiger partial charge in [0, 0.05) is 29.7 Å². The van der Waals surface area contributed by atoms with Gasteiger partial charge < -0.3 is 14.8 Å². The van der Waals surface area contributed by atoms with Gasteiger partial charge in [-0.25, -0.2) is 9.18 Å². The van der Waals surface area contributed by atoms with E-state index in [-0.39, 0.29) is 5.82 Å². The standard InChI is InChI=1S/C26H30BrFN2O3/c1-26(2,3)33-25(31)30-12-11-29-15-23(30)20-8-5-17(14-22(20)28)24-19-9-7-18(32-4)13-16(19)6-10-21(24)27/h5,7-9,13-14,23,29H,6,10-12,15H2,1-4H3. The van der Waals surface area contributed by atoms with Gasteiger partial charge in [0.05, 0.1) is 13.2 Å². The number of piperazine rings is 1. The van der Waals surface area contributed by atoms with E-state index in [1.807, 2.05) is 45.0 Å². The van der Waals surface area contributed by atoms with Crippen molar-refractivity contribution in [3.63, 3.8) is 0 Å².